The zero-order valence-electron chi connectivity index (χ0n) is 16.2. The summed E-state index contributed by atoms with van der Waals surface area (Å²) in [4.78, 5) is 16.8. The van der Waals surface area contributed by atoms with Gasteiger partial charge in [-0.3, -0.25) is 9.78 Å². The van der Waals surface area contributed by atoms with Crippen LogP contribution in [-0.2, 0) is 18.4 Å². The summed E-state index contributed by atoms with van der Waals surface area (Å²) < 4.78 is 16.0. The summed E-state index contributed by atoms with van der Waals surface area (Å²) in [7, 11) is 1.98. The van der Waals surface area contributed by atoms with Crippen LogP contribution in [-0.4, -0.2) is 15.5 Å². The Kier molecular flexibility index (Phi) is 5.38. The Morgan fingerprint density at radius 3 is 2.69 bits per heavy atom. The third-order valence-corrected chi connectivity index (χ3v) is 5.18. The molecule has 0 fully saturated rings. The van der Waals surface area contributed by atoms with Crippen molar-refractivity contribution in [2.24, 2.45) is 7.05 Å². The van der Waals surface area contributed by atoms with E-state index < -0.39 is 0 Å². The number of hydrogen-bond acceptors (Lipinski definition) is 2. The maximum atomic E-state index is 14.0. The number of benzene rings is 2. The van der Waals surface area contributed by atoms with Gasteiger partial charge in [0, 0.05) is 55.4 Å². The SMILES string of the molecule is Cn1cc([C@H](CC(=O)NCc2ccncc2)c2cccc(F)c2)c2ccccc21. The van der Waals surface area contributed by atoms with Gasteiger partial charge in [0.2, 0.25) is 5.91 Å². The number of para-hydroxylation sites is 1. The molecule has 1 amide bonds. The molecule has 4 nitrogen and oxygen atoms in total. The number of carbonyl (C=O) groups excluding carboxylic acids is 1. The number of nitrogens with one attached hydrogen (secondary N) is 1. The van der Waals surface area contributed by atoms with Gasteiger partial charge >= 0.3 is 0 Å². The average Bonchev–Trinajstić information content (AvgIpc) is 3.08. The number of fused-ring (bicyclic) bond motifs is 1. The highest BCUT2D eigenvalue weighted by Crippen LogP contribution is 2.34. The standard InChI is InChI=1S/C24H22FN3O/c1-28-16-22(20-7-2-3-8-23(20)28)21(18-5-4-6-19(25)13-18)14-24(29)27-15-17-9-11-26-12-10-17/h2-13,16,21H,14-15H2,1H3,(H,27,29)/t21-/m1/s1. The minimum atomic E-state index is -0.301. The van der Waals surface area contributed by atoms with Gasteiger partial charge in [-0.05, 0) is 47.0 Å². The van der Waals surface area contributed by atoms with Crippen LogP contribution in [0.15, 0.2) is 79.3 Å². The van der Waals surface area contributed by atoms with Crippen LogP contribution in [0.4, 0.5) is 4.39 Å². The number of aryl methyl sites for hydroxylation is 1. The van der Waals surface area contributed by atoms with Crippen LogP contribution in [0, 0.1) is 5.82 Å². The lowest BCUT2D eigenvalue weighted by molar-refractivity contribution is -0.121. The van der Waals surface area contributed by atoms with Crippen LogP contribution in [0.25, 0.3) is 10.9 Å². The number of nitrogens with zero attached hydrogens (tertiary/aromatic N) is 2. The van der Waals surface area contributed by atoms with Gasteiger partial charge in [-0.15, -0.1) is 0 Å². The van der Waals surface area contributed by atoms with Crippen LogP contribution in [0.2, 0.25) is 0 Å². The minimum Gasteiger partial charge on any atom is -0.352 e. The van der Waals surface area contributed by atoms with Gasteiger partial charge < -0.3 is 9.88 Å². The maximum Gasteiger partial charge on any atom is 0.221 e. The number of halogens is 1. The van der Waals surface area contributed by atoms with Crippen LogP contribution >= 0.6 is 0 Å². The number of pyridine rings is 1. The second-order valence-electron chi connectivity index (χ2n) is 7.16. The molecule has 0 radical (unpaired) electrons. The Labute approximate surface area is 169 Å². The van der Waals surface area contributed by atoms with Crippen molar-refractivity contribution in [3.05, 3.63) is 102 Å². The van der Waals surface area contributed by atoms with E-state index in [0.29, 0.717) is 6.54 Å². The second-order valence-corrected chi connectivity index (χ2v) is 7.16. The predicted octanol–water partition coefficient (Wildman–Crippen LogP) is 4.55. The molecule has 4 aromatic rings. The molecule has 1 atom stereocenters. The quantitative estimate of drug-likeness (QED) is 0.528. The Hall–Kier alpha value is -3.47. The van der Waals surface area contributed by atoms with Gasteiger partial charge in [0.15, 0.2) is 0 Å². The summed E-state index contributed by atoms with van der Waals surface area (Å²) in [6, 6.07) is 18.3. The van der Waals surface area contributed by atoms with Crippen LogP contribution in [0.5, 0.6) is 0 Å². The minimum absolute atomic E-state index is 0.0796. The van der Waals surface area contributed by atoms with E-state index in [4.69, 9.17) is 0 Å². The summed E-state index contributed by atoms with van der Waals surface area (Å²) in [5.74, 6) is -0.622. The highest BCUT2D eigenvalue weighted by molar-refractivity contribution is 5.86. The lowest BCUT2D eigenvalue weighted by Gasteiger charge is -2.17. The molecule has 0 spiro atoms. The number of hydrogen-bond donors (Lipinski definition) is 1. The molecule has 0 aliphatic heterocycles. The van der Waals surface area contributed by atoms with Gasteiger partial charge in [0.05, 0.1) is 0 Å². The first kappa shape index (κ1) is 18.9. The van der Waals surface area contributed by atoms with Crippen molar-refractivity contribution in [3.63, 3.8) is 0 Å². The van der Waals surface area contributed by atoms with E-state index in [1.165, 1.54) is 12.1 Å². The van der Waals surface area contributed by atoms with Gasteiger partial charge in [-0.1, -0.05) is 30.3 Å². The highest BCUT2D eigenvalue weighted by atomic mass is 19.1. The first-order valence-electron chi connectivity index (χ1n) is 9.57. The predicted molar refractivity (Wildman–Crippen MR) is 112 cm³/mol. The molecule has 0 saturated heterocycles. The summed E-state index contributed by atoms with van der Waals surface area (Å²) >= 11 is 0. The summed E-state index contributed by atoms with van der Waals surface area (Å²) in [6.45, 7) is 0.437. The number of aromatic nitrogens is 2. The fraction of sp³-hybridized carbons (Fsp3) is 0.167. The smallest absolute Gasteiger partial charge is 0.221 e. The molecule has 2 aromatic heterocycles. The third-order valence-electron chi connectivity index (χ3n) is 5.18. The van der Waals surface area contributed by atoms with E-state index in [-0.39, 0.29) is 24.1 Å². The first-order chi connectivity index (χ1) is 14.1. The van der Waals surface area contributed by atoms with Crippen molar-refractivity contribution in [3.8, 4) is 0 Å². The molecule has 5 heteroatoms. The number of carbonyl (C=O) groups is 1. The van der Waals surface area contributed by atoms with Crippen molar-refractivity contribution in [1.82, 2.24) is 14.9 Å². The molecular formula is C24H22FN3O. The van der Waals surface area contributed by atoms with E-state index in [0.717, 1.165) is 27.6 Å². The van der Waals surface area contributed by atoms with Crippen molar-refractivity contribution < 1.29 is 9.18 Å². The van der Waals surface area contributed by atoms with Gasteiger partial charge in [0.1, 0.15) is 5.82 Å². The molecule has 2 heterocycles. The van der Waals surface area contributed by atoms with Crippen LogP contribution in [0.3, 0.4) is 0 Å². The molecule has 4 rings (SSSR count). The molecule has 146 valence electrons. The molecule has 0 aliphatic carbocycles. The lowest BCUT2D eigenvalue weighted by Crippen LogP contribution is -2.25. The van der Waals surface area contributed by atoms with Gasteiger partial charge in [-0.25, -0.2) is 4.39 Å². The molecule has 0 bridgehead atoms. The van der Waals surface area contributed by atoms with Crippen LogP contribution < -0.4 is 5.32 Å². The molecule has 2 aromatic carbocycles. The van der Waals surface area contributed by atoms with Crippen LogP contribution in [0.1, 0.15) is 29.0 Å². The van der Waals surface area contributed by atoms with E-state index in [2.05, 4.69) is 10.3 Å². The van der Waals surface area contributed by atoms with Gasteiger partial charge in [-0.2, -0.15) is 0 Å². The Morgan fingerprint density at radius 1 is 1.10 bits per heavy atom. The molecule has 0 unspecified atom stereocenters. The fourth-order valence-corrected chi connectivity index (χ4v) is 3.74. The summed E-state index contributed by atoms with van der Waals surface area (Å²) in [5, 5.41) is 4.05. The third kappa shape index (κ3) is 4.19. The monoisotopic (exact) mass is 387 g/mol. The van der Waals surface area contributed by atoms with Crippen molar-refractivity contribution in [1.29, 1.82) is 0 Å². The van der Waals surface area contributed by atoms with E-state index in [1.807, 2.05) is 60.3 Å². The van der Waals surface area contributed by atoms with E-state index in [9.17, 15) is 9.18 Å². The second kappa shape index (κ2) is 8.27. The van der Waals surface area contributed by atoms with Crippen molar-refractivity contribution >= 4 is 16.8 Å². The molecular weight excluding hydrogens is 365 g/mol. The van der Waals surface area contributed by atoms with Gasteiger partial charge in [0.25, 0.3) is 0 Å². The van der Waals surface area contributed by atoms with Crippen molar-refractivity contribution in [2.45, 2.75) is 18.9 Å². The summed E-state index contributed by atoms with van der Waals surface area (Å²) in [5.41, 5.74) is 3.88. The summed E-state index contributed by atoms with van der Waals surface area (Å²) in [6.07, 6.45) is 5.68. The Balaban J connectivity index is 1.65. The molecule has 0 saturated carbocycles. The molecule has 0 aliphatic rings. The lowest BCUT2D eigenvalue weighted by atomic mass is 9.88. The maximum absolute atomic E-state index is 14.0. The number of amides is 1. The zero-order valence-corrected chi connectivity index (χ0v) is 16.2. The molecule has 1 N–H and O–H groups in total. The average molecular weight is 387 g/mol. The first-order valence-corrected chi connectivity index (χ1v) is 9.57. The topological polar surface area (TPSA) is 46.9 Å². The van der Waals surface area contributed by atoms with E-state index >= 15 is 0 Å². The van der Waals surface area contributed by atoms with E-state index in [1.54, 1.807) is 18.5 Å². The Bertz CT molecular complexity index is 1140. The zero-order chi connectivity index (χ0) is 20.2. The molecule has 29 heavy (non-hydrogen) atoms. The highest BCUT2D eigenvalue weighted by Gasteiger charge is 2.22. The number of rotatable bonds is 6. The fourth-order valence-electron chi connectivity index (χ4n) is 3.74. The largest absolute Gasteiger partial charge is 0.352 e. The normalized spacial score (nSPS) is 12.1. The van der Waals surface area contributed by atoms with Crippen molar-refractivity contribution in [2.75, 3.05) is 0 Å². The Morgan fingerprint density at radius 2 is 1.90 bits per heavy atom.